The lowest BCUT2D eigenvalue weighted by atomic mass is 9.97. The van der Waals surface area contributed by atoms with Gasteiger partial charge in [0, 0.05) is 62.7 Å². The van der Waals surface area contributed by atoms with Gasteiger partial charge in [0.05, 0.1) is 21.2 Å². The highest BCUT2D eigenvalue weighted by Crippen LogP contribution is 2.33. The fourth-order valence-electron chi connectivity index (χ4n) is 8.21. The first kappa shape index (κ1) is 47.2. The topological polar surface area (TPSA) is 174 Å². The number of nitrogens with zero attached hydrogens (tertiary/aromatic N) is 4. The zero-order valence-electron chi connectivity index (χ0n) is 36.6. The van der Waals surface area contributed by atoms with Gasteiger partial charge in [-0.2, -0.15) is 8.61 Å². The number of benzene rings is 4. The van der Waals surface area contributed by atoms with E-state index in [1.54, 1.807) is 60.6 Å². The molecule has 2 fully saturated rings. The number of nitrogens with two attached hydrogens (primary N) is 2. The molecule has 6 aromatic rings. The van der Waals surface area contributed by atoms with Crippen molar-refractivity contribution in [1.29, 1.82) is 0 Å². The molecule has 12 nitrogen and oxygen atoms in total. The Hall–Kier alpha value is -4.78. The summed E-state index contributed by atoms with van der Waals surface area (Å²) in [5, 5.41) is 21.5. The van der Waals surface area contributed by atoms with E-state index >= 15 is 0 Å². The average Bonchev–Trinajstić information content (AvgIpc) is 3.93. The fraction of sp³-hybridized carbons (Fsp3) is 0.333. The number of sulfonamides is 2. The largest absolute Gasteiger partial charge is 0.391 e. The normalized spacial score (nSPS) is 18.1. The van der Waals surface area contributed by atoms with Crippen LogP contribution >= 0.6 is 22.7 Å². The van der Waals surface area contributed by atoms with Crippen molar-refractivity contribution < 1.29 is 27.0 Å². The van der Waals surface area contributed by atoms with Gasteiger partial charge < -0.3 is 31.5 Å². The molecule has 8 rings (SSSR count). The third-order valence-electron chi connectivity index (χ3n) is 11.7. The van der Waals surface area contributed by atoms with Gasteiger partial charge in [-0.15, -0.1) is 22.7 Å². The van der Waals surface area contributed by atoms with Crippen molar-refractivity contribution in [1.82, 2.24) is 8.61 Å². The SMILES string of the molecule is CC(C)(O)c1ccc(N2CCN(S(=O)(=O)c3ccc(N)s3)C[C@@H]2Cc2ccccc2)cc1.CC(C)(O)c1ccc(N2CCN(S(=O)(=O)c3ccc(N)s3)C[C@@H]2Cc2ccccc2)cc1. The second-order valence-electron chi connectivity index (χ2n) is 17.3. The number of thiophene rings is 2. The molecule has 2 aliphatic heterocycles. The van der Waals surface area contributed by atoms with Gasteiger partial charge >= 0.3 is 0 Å². The molecule has 0 bridgehead atoms. The van der Waals surface area contributed by atoms with Crippen LogP contribution in [0.2, 0.25) is 0 Å². The smallest absolute Gasteiger partial charge is 0.252 e. The van der Waals surface area contributed by atoms with Crippen molar-refractivity contribution in [2.24, 2.45) is 0 Å². The van der Waals surface area contributed by atoms with E-state index in [2.05, 4.69) is 34.1 Å². The van der Waals surface area contributed by atoms with Crippen molar-refractivity contribution in [3.63, 3.8) is 0 Å². The van der Waals surface area contributed by atoms with E-state index in [9.17, 15) is 27.0 Å². The maximum Gasteiger partial charge on any atom is 0.252 e. The van der Waals surface area contributed by atoms with Crippen molar-refractivity contribution in [3.05, 3.63) is 156 Å². The minimum atomic E-state index is -3.59. The number of hydrogen-bond acceptors (Lipinski definition) is 12. The summed E-state index contributed by atoms with van der Waals surface area (Å²) >= 11 is 2.21. The van der Waals surface area contributed by atoms with Crippen LogP contribution in [0, 0.1) is 0 Å². The molecule has 340 valence electrons. The number of anilines is 4. The first-order valence-electron chi connectivity index (χ1n) is 21.3. The molecule has 0 spiro atoms. The summed E-state index contributed by atoms with van der Waals surface area (Å²) in [4.78, 5) is 4.55. The van der Waals surface area contributed by atoms with Gasteiger partial charge in [0.1, 0.15) is 8.42 Å². The van der Waals surface area contributed by atoms with E-state index in [1.807, 2.05) is 84.9 Å². The van der Waals surface area contributed by atoms with Crippen LogP contribution in [0.3, 0.4) is 0 Å². The van der Waals surface area contributed by atoms with Gasteiger partial charge in [-0.25, -0.2) is 16.8 Å². The predicted octanol–water partition coefficient (Wildman–Crippen LogP) is 7.36. The summed E-state index contributed by atoms with van der Waals surface area (Å²) in [6, 6.07) is 42.5. The van der Waals surface area contributed by atoms with Gasteiger partial charge in [-0.3, -0.25) is 0 Å². The van der Waals surface area contributed by atoms with Gasteiger partial charge in [0.25, 0.3) is 20.0 Å². The van der Waals surface area contributed by atoms with Gasteiger partial charge in [-0.1, -0.05) is 84.9 Å². The van der Waals surface area contributed by atoms with Gasteiger partial charge in [0.2, 0.25) is 0 Å². The zero-order valence-corrected chi connectivity index (χ0v) is 39.9. The first-order valence-corrected chi connectivity index (χ1v) is 25.8. The molecule has 0 unspecified atom stereocenters. The average molecular weight is 943 g/mol. The lowest BCUT2D eigenvalue weighted by Crippen LogP contribution is -2.55. The van der Waals surface area contributed by atoms with Crippen molar-refractivity contribution in [3.8, 4) is 0 Å². The Morgan fingerprint density at radius 3 is 1.16 bits per heavy atom. The maximum atomic E-state index is 13.2. The van der Waals surface area contributed by atoms with E-state index in [4.69, 9.17) is 11.5 Å². The van der Waals surface area contributed by atoms with Crippen LogP contribution in [0.1, 0.15) is 49.9 Å². The minimum Gasteiger partial charge on any atom is -0.391 e. The Morgan fingerprint density at radius 2 is 0.859 bits per heavy atom. The molecule has 2 saturated heterocycles. The molecule has 0 amide bonds. The molecule has 4 heterocycles. The van der Waals surface area contributed by atoms with Crippen LogP contribution in [0.15, 0.2) is 142 Å². The molecule has 16 heteroatoms. The van der Waals surface area contributed by atoms with Crippen LogP contribution in [-0.2, 0) is 44.1 Å². The van der Waals surface area contributed by atoms with Crippen LogP contribution in [0.25, 0.3) is 0 Å². The van der Waals surface area contributed by atoms with Crippen LogP contribution < -0.4 is 21.3 Å². The highest BCUT2D eigenvalue weighted by atomic mass is 32.3. The van der Waals surface area contributed by atoms with Crippen LogP contribution in [0.5, 0.6) is 0 Å². The van der Waals surface area contributed by atoms with E-state index in [0.29, 0.717) is 49.3 Å². The first-order chi connectivity index (χ1) is 30.3. The Balaban J connectivity index is 0.000000191. The highest BCUT2D eigenvalue weighted by Gasteiger charge is 2.37. The van der Waals surface area contributed by atoms with E-state index < -0.39 is 31.2 Å². The zero-order chi connectivity index (χ0) is 45.9. The Labute approximate surface area is 386 Å². The molecule has 2 aliphatic rings. The van der Waals surface area contributed by atoms with Crippen molar-refractivity contribution in [2.45, 2.75) is 72.2 Å². The highest BCUT2D eigenvalue weighted by molar-refractivity contribution is 7.91. The van der Waals surface area contributed by atoms with E-state index in [-0.39, 0.29) is 20.5 Å². The van der Waals surface area contributed by atoms with Crippen LogP contribution in [-0.4, -0.2) is 87.0 Å². The monoisotopic (exact) mass is 942 g/mol. The molecule has 64 heavy (non-hydrogen) atoms. The fourth-order valence-corrected chi connectivity index (χ4v) is 13.6. The number of aliphatic hydroxyl groups is 2. The number of piperazine rings is 2. The summed E-state index contributed by atoms with van der Waals surface area (Å²) in [6.45, 7) is 9.81. The summed E-state index contributed by atoms with van der Waals surface area (Å²) in [6.07, 6.45) is 1.46. The predicted molar refractivity (Wildman–Crippen MR) is 261 cm³/mol. The number of rotatable bonds is 12. The number of hydrogen-bond donors (Lipinski definition) is 4. The summed E-state index contributed by atoms with van der Waals surface area (Å²) < 4.78 is 56.7. The summed E-state index contributed by atoms with van der Waals surface area (Å²) in [5.74, 6) is 0. The molecule has 6 N–H and O–H groups in total. The molecule has 2 aromatic heterocycles. The minimum absolute atomic E-state index is 0.0220. The molecule has 0 aliphatic carbocycles. The molecular formula is C48H58N6O6S4. The molecule has 0 saturated carbocycles. The Kier molecular flexibility index (Phi) is 14.3. The third kappa shape index (κ3) is 11.2. The van der Waals surface area contributed by atoms with Crippen molar-refractivity contribution >= 4 is 64.1 Å². The second kappa shape index (κ2) is 19.4. The number of nitrogen functional groups attached to an aromatic ring is 2. The van der Waals surface area contributed by atoms with E-state index in [1.165, 1.54) is 0 Å². The molecule has 2 atom stereocenters. The van der Waals surface area contributed by atoms with Gasteiger partial charge in [-0.05, 0) is 111 Å². The standard InChI is InChI=1S/2C24H29N3O3S2/c2*1-24(2,28)19-8-10-20(11-9-19)27-15-14-26(32(29,30)23-13-12-22(25)31-23)17-21(27)16-18-6-4-3-5-7-18/h2*3-13,21,28H,14-17,25H2,1-2H3/t2*21-/m00/s1. The summed E-state index contributed by atoms with van der Waals surface area (Å²) in [5.41, 5.74) is 15.8. The lowest BCUT2D eigenvalue weighted by Gasteiger charge is -2.42. The maximum absolute atomic E-state index is 13.2. The summed E-state index contributed by atoms with van der Waals surface area (Å²) in [7, 11) is -7.17. The van der Waals surface area contributed by atoms with Crippen molar-refractivity contribution in [2.75, 3.05) is 60.5 Å². The van der Waals surface area contributed by atoms with Gasteiger partial charge in [0.15, 0.2) is 0 Å². The molecular weight excluding hydrogens is 885 g/mol. The quantitative estimate of drug-likeness (QED) is 0.0972. The molecule has 0 radical (unpaired) electrons. The van der Waals surface area contributed by atoms with Crippen LogP contribution in [0.4, 0.5) is 21.4 Å². The third-order valence-corrected chi connectivity index (χ3v) is 18.2. The molecule has 4 aromatic carbocycles. The lowest BCUT2D eigenvalue weighted by molar-refractivity contribution is 0.0780. The Bertz CT molecular complexity index is 2490. The second-order valence-corrected chi connectivity index (χ2v) is 23.9. The van der Waals surface area contributed by atoms with E-state index in [0.717, 1.165) is 69.1 Å². The Morgan fingerprint density at radius 1 is 0.516 bits per heavy atom.